The van der Waals surface area contributed by atoms with Crippen molar-refractivity contribution in [2.75, 3.05) is 24.8 Å². The summed E-state index contributed by atoms with van der Waals surface area (Å²) in [6.45, 7) is 1.51. The topological polar surface area (TPSA) is 47.0 Å². The van der Waals surface area contributed by atoms with E-state index in [1.54, 1.807) is 30.2 Å². The molecule has 0 spiro atoms. The third-order valence-electron chi connectivity index (χ3n) is 2.21. The number of nitrogens with one attached hydrogen (secondary N) is 1. The minimum atomic E-state index is 0.733. The highest BCUT2D eigenvalue weighted by molar-refractivity contribution is 8.01. The maximum absolute atomic E-state index is 5.00. The highest BCUT2D eigenvalue weighted by Crippen LogP contribution is 2.25. The molecule has 1 heterocycles. The van der Waals surface area contributed by atoms with Gasteiger partial charge in [0.25, 0.3) is 0 Å². The number of hydrogen-bond donors (Lipinski definition) is 1. The molecule has 0 atom stereocenters. The number of hydrogen-bond acceptors (Lipinski definition) is 6. The molecule has 0 aliphatic rings. The number of methoxy groups -OCH3 is 1. The van der Waals surface area contributed by atoms with Crippen LogP contribution in [0.15, 0.2) is 34.7 Å². The van der Waals surface area contributed by atoms with Crippen LogP contribution in [0.2, 0.25) is 0 Å². The van der Waals surface area contributed by atoms with Crippen molar-refractivity contribution < 1.29 is 4.74 Å². The van der Waals surface area contributed by atoms with Crippen LogP contribution < -0.4 is 5.32 Å². The van der Waals surface area contributed by atoms with Gasteiger partial charge in [-0.15, -0.1) is 10.2 Å². The standard InChI is InChI=1S/C12H15N3OS2/c1-16-7-8-17-12-15-14-11(18-12)13-9-10-5-3-2-4-6-10/h2-6H,7-9H2,1H3,(H,13,14). The number of aromatic nitrogens is 2. The quantitative estimate of drug-likeness (QED) is 0.624. The molecule has 6 heteroatoms. The number of nitrogens with zero attached hydrogens (tertiary/aromatic N) is 2. The first kappa shape index (κ1) is 13.3. The molecule has 0 bridgehead atoms. The normalized spacial score (nSPS) is 10.5. The second kappa shape index (κ2) is 7.35. The summed E-state index contributed by atoms with van der Waals surface area (Å²) in [7, 11) is 1.70. The van der Waals surface area contributed by atoms with E-state index in [2.05, 4.69) is 27.6 Å². The Morgan fingerprint density at radius 1 is 1.28 bits per heavy atom. The van der Waals surface area contributed by atoms with Crippen molar-refractivity contribution in [3.63, 3.8) is 0 Å². The minimum absolute atomic E-state index is 0.733. The van der Waals surface area contributed by atoms with Crippen LogP contribution in [0.4, 0.5) is 5.13 Å². The first-order chi connectivity index (χ1) is 8.88. The van der Waals surface area contributed by atoms with E-state index in [4.69, 9.17) is 4.74 Å². The highest BCUT2D eigenvalue weighted by Gasteiger charge is 2.04. The monoisotopic (exact) mass is 281 g/mol. The molecule has 0 fully saturated rings. The van der Waals surface area contributed by atoms with Crippen LogP contribution in [0, 0.1) is 0 Å². The zero-order chi connectivity index (χ0) is 12.6. The molecule has 0 saturated heterocycles. The molecule has 0 unspecified atom stereocenters. The average Bonchev–Trinajstić information content (AvgIpc) is 2.86. The van der Waals surface area contributed by atoms with Gasteiger partial charge in [0.1, 0.15) is 0 Å². The Bertz CT molecular complexity index is 461. The number of anilines is 1. The lowest BCUT2D eigenvalue weighted by Crippen LogP contribution is -1.98. The van der Waals surface area contributed by atoms with Crippen molar-refractivity contribution >= 4 is 28.2 Å². The summed E-state index contributed by atoms with van der Waals surface area (Å²) in [5.41, 5.74) is 1.24. The van der Waals surface area contributed by atoms with Gasteiger partial charge in [0.05, 0.1) is 6.61 Å². The second-order valence-corrected chi connectivity index (χ2v) is 5.87. The van der Waals surface area contributed by atoms with Crippen molar-refractivity contribution in [2.24, 2.45) is 0 Å². The lowest BCUT2D eigenvalue weighted by atomic mass is 10.2. The fourth-order valence-corrected chi connectivity index (χ4v) is 3.04. The average molecular weight is 281 g/mol. The van der Waals surface area contributed by atoms with E-state index in [1.807, 2.05) is 18.2 Å². The SMILES string of the molecule is COCCSc1nnc(NCc2ccccc2)s1. The molecule has 0 aliphatic heterocycles. The van der Waals surface area contributed by atoms with Gasteiger partial charge in [-0.05, 0) is 5.56 Å². The maximum atomic E-state index is 5.00. The minimum Gasteiger partial charge on any atom is -0.384 e. The number of thioether (sulfide) groups is 1. The first-order valence-electron chi connectivity index (χ1n) is 5.61. The lowest BCUT2D eigenvalue weighted by Gasteiger charge is -2.00. The van der Waals surface area contributed by atoms with Crippen LogP contribution >= 0.6 is 23.1 Å². The predicted molar refractivity (Wildman–Crippen MR) is 76.3 cm³/mol. The summed E-state index contributed by atoms with van der Waals surface area (Å²) in [6.07, 6.45) is 0. The summed E-state index contributed by atoms with van der Waals surface area (Å²) < 4.78 is 5.97. The molecule has 2 rings (SSSR count). The van der Waals surface area contributed by atoms with E-state index < -0.39 is 0 Å². The van der Waals surface area contributed by atoms with Crippen molar-refractivity contribution in [2.45, 2.75) is 10.9 Å². The van der Waals surface area contributed by atoms with E-state index in [1.165, 1.54) is 5.56 Å². The van der Waals surface area contributed by atoms with Crippen molar-refractivity contribution in [3.8, 4) is 0 Å². The van der Waals surface area contributed by atoms with Crippen molar-refractivity contribution in [1.29, 1.82) is 0 Å². The largest absolute Gasteiger partial charge is 0.384 e. The third kappa shape index (κ3) is 4.29. The zero-order valence-corrected chi connectivity index (χ0v) is 11.8. The highest BCUT2D eigenvalue weighted by atomic mass is 32.2. The number of ether oxygens (including phenoxy) is 1. The van der Waals surface area contributed by atoms with Gasteiger partial charge in [-0.3, -0.25) is 0 Å². The fourth-order valence-electron chi connectivity index (χ4n) is 1.33. The van der Waals surface area contributed by atoms with E-state index in [-0.39, 0.29) is 0 Å². The molecule has 0 aliphatic carbocycles. The van der Waals surface area contributed by atoms with Crippen LogP contribution in [-0.4, -0.2) is 29.7 Å². The van der Waals surface area contributed by atoms with Crippen molar-refractivity contribution in [3.05, 3.63) is 35.9 Å². The van der Waals surface area contributed by atoms with Gasteiger partial charge in [-0.1, -0.05) is 53.4 Å². The zero-order valence-electron chi connectivity index (χ0n) is 10.1. The molecule has 0 amide bonds. The Kier molecular flexibility index (Phi) is 5.44. The summed E-state index contributed by atoms with van der Waals surface area (Å²) in [6, 6.07) is 10.2. The van der Waals surface area contributed by atoms with Gasteiger partial charge < -0.3 is 10.1 Å². The second-order valence-electron chi connectivity index (χ2n) is 3.55. The smallest absolute Gasteiger partial charge is 0.206 e. The van der Waals surface area contributed by atoms with E-state index in [0.717, 1.165) is 28.4 Å². The van der Waals surface area contributed by atoms with E-state index in [0.29, 0.717) is 0 Å². The number of benzene rings is 1. The van der Waals surface area contributed by atoms with Gasteiger partial charge in [0, 0.05) is 19.4 Å². The Balaban J connectivity index is 1.80. The van der Waals surface area contributed by atoms with E-state index >= 15 is 0 Å². The number of rotatable bonds is 7. The molecule has 18 heavy (non-hydrogen) atoms. The molecule has 1 N–H and O–H groups in total. The maximum Gasteiger partial charge on any atom is 0.206 e. The van der Waals surface area contributed by atoms with Gasteiger partial charge >= 0.3 is 0 Å². The Hall–Kier alpha value is -1.11. The fraction of sp³-hybridized carbons (Fsp3) is 0.333. The Morgan fingerprint density at radius 2 is 2.11 bits per heavy atom. The van der Waals surface area contributed by atoms with Crippen LogP contribution in [-0.2, 0) is 11.3 Å². The summed E-state index contributed by atoms with van der Waals surface area (Å²) >= 11 is 3.24. The van der Waals surface area contributed by atoms with Crippen LogP contribution in [0.3, 0.4) is 0 Å². The van der Waals surface area contributed by atoms with Crippen LogP contribution in [0.5, 0.6) is 0 Å². The Morgan fingerprint density at radius 3 is 2.89 bits per heavy atom. The molecule has 0 radical (unpaired) electrons. The summed E-state index contributed by atoms with van der Waals surface area (Å²) in [5, 5.41) is 12.4. The predicted octanol–water partition coefficient (Wildman–Crippen LogP) is 2.89. The van der Waals surface area contributed by atoms with E-state index in [9.17, 15) is 0 Å². The van der Waals surface area contributed by atoms with Crippen LogP contribution in [0.1, 0.15) is 5.56 Å². The van der Waals surface area contributed by atoms with Gasteiger partial charge in [-0.25, -0.2) is 0 Å². The molecule has 4 nitrogen and oxygen atoms in total. The molecule has 1 aromatic carbocycles. The Labute approximate surface area is 115 Å². The first-order valence-corrected chi connectivity index (χ1v) is 7.42. The van der Waals surface area contributed by atoms with Gasteiger partial charge in [-0.2, -0.15) is 0 Å². The molecular formula is C12H15N3OS2. The van der Waals surface area contributed by atoms with Crippen molar-refractivity contribution in [1.82, 2.24) is 10.2 Å². The molecule has 96 valence electrons. The van der Waals surface area contributed by atoms with Gasteiger partial charge in [0.2, 0.25) is 5.13 Å². The third-order valence-corrected chi connectivity index (χ3v) is 4.18. The summed E-state index contributed by atoms with van der Waals surface area (Å²) in [4.78, 5) is 0. The molecular weight excluding hydrogens is 266 g/mol. The molecule has 1 aromatic heterocycles. The summed E-state index contributed by atoms with van der Waals surface area (Å²) in [5.74, 6) is 0.907. The molecule has 2 aromatic rings. The lowest BCUT2D eigenvalue weighted by molar-refractivity contribution is 0.218. The van der Waals surface area contributed by atoms with Crippen LogP contribution in [0.25, 0.3) is 0 Å². The molecule has 0 saturated carbocycles. The van der Waals surface area contributed by atoms with Gasteiger partial charge in [0.15, 0.2) is 4.34 Å².